The molecule has 1 heterocycles. The maximum absolute atomic E-state index is 12.4. The van der Waals surface area contributed by atoms with Crippen LogP contribution in [0.15, 0.2) is 30.3 Å². The minimum Gasteiger partial charge on any atom is -0.378 e. The van der Waals surface area contributed by atoms with E-state index in [1.807, 2.05) is 31.2 Å². The lowest BCUT2D eigenvalue weighted by Crippen LogP contribution is -2.26. The highest BCUT2D eigenvalue weighted by Gasteiger charge is 2.13. The number of hydrogen-bond donors (Lipinski definition) is 2. The maximum Gasteiger partial charge on any atom is 0.251 e. The molecule has 1 aliphatic rings. The van der Waals surface area contributed by atoms with E-state index in [1.165, 1.54) is 32.1 Å². The Morgan fingerprint density at radius 3 is 2.81 bits per heavy atom. The van der Waals surface area contributed by atoms with Gasteiger partial charge in [-0.15, -0.1) is 0 Å². The lowest BCUT2D eigenvalue weighted by atomic mass is 9.98. The number of nitrogens with zero attached hydrogens (tertiary/aromatic N) is 2. The number of rotatable bonds is 7. The number of amides is 1. The Morgan fingerprint density at radius 1 is 1.22 bits per heavy atom. The van der Waals surface area contributed by atoms with Crippen LogP contribution >= 0.6 is 0 Å². The number of anilines is 1. The summed E-state index contributed by atoms with van der Waals surface area (Å²) >= 11 is 0. The molecule has 6 nitrogen and oxygen atoms in total. The van der Waals surface area contributed by atoms with Gasteiger partial charge in [0.1, 0.15) is 0 Å². The number of nitrogen functional groups attached to an aromatic ring is 1. The molecule has 2 aromatic rings. The van der Waals surface area contributed by atoms with Crippen LogP contribution in [0.3, 0.4) is 0 Å². The second kappa shape index (κ2) is 9.46. The SMILES string of the molecule is Cc1cc(-c2cccc(C(=O)NCCCOC3CCCCC3)c2)nc(N)n1. The molecule has 0 spiro atoms. The summed E-state index contributed by atoms with van der Waals surface area (Å²) in [6.07, 6.45) is 7.46. The highest BCUT2D eigenvalue weighted by atomic mass is 16.5. The number of carbonyl (C=O) groups is 1. The van der Waals surface area contributed by atoms with Crippen molar-refractivity contribution in [2.75, 3.05) is 18.9 Å². The van der Waals surface area contributed by atoms with Gasteiger partial charge < -0.3 is 15.8 Å². The van der Waals surface area contributed by atoms with E-state index in [9.17, 15) is 4.79 Å². The molecule has 0 aliphatic heterocycles. The van der Waals surface area contributed by atoms with E-state index in [2.05, 4.69) is 15.3 Å². The van der Waals surface area contributed by atoms with Crippen molar-refractivity contribution in [1.82, 2.24) is 15.3 Å². The van der Waals surface area contributed by atoms with E-state index < -0.39 is 0 Å². The molecule has 0 radical (unpaired) electrons. The van der Waals surface area contributed by atoms with Crippen LogP contribution in [0, 0.1) is 6.92 Å². The number of aromatic nitrogens is 2. The Hall–Kier alpha value is -2.47. The van der Waals surface area contributed by atoms with Gasteiger partial charge in [0.05, 0.1) is 11.8 Å². The molecule has 6 heteroatoms. The number of nitrogens with one attached hydrogen (secondary N) is 1. The molecule has 144 valence electrons. The molecule has 3 N–H and O–H groups in total. The molecule has 1 saturated carbocycles. The molecular formula is C21H28N4O2. The number of nitrogens with two attached hydrogens (primary N) is 1. The summed E-state index contributed by atoms with van der Waals surface area (Å²) in [4.78, 5) is 20.8. The molecule has 1 aromatic heterocycles. The summed E-state index contributed by atoms with van der Waals surface area (Å²) in [6, 6.07) is 9.25. The summed E-state index contributed by atoms with van der Waals surface area (Å²) in [6.45, 7) is 3.17. The largest absolute Gasteiger partial charge is 0.378 e. The third-order valence-corrected chi connectivity index (χ3v) is 4.80. The molecule has 27 heavy (non-hydrogen) atoms. The molecular weight excluding hydrogens is 340 g/mol. The van der Waals surface area contributed by atoms with Gasteiger partial charge in [-0.2, -0.15) is 0 Å². The smallest absolute Gasteiger partial charge is 0.251 e. The highest BCUT2D eigenvalue weighted by Crippen LogP contribution is 2.21. The standard InChI is InChI=1S/C21H28N4O2/c1-15-13-19(25-21(22)24-15)16-7-5-8-17(14-16)20(26)23-11-6-12-27-18-9-3-2-4-10-18/h5,7-8,13-14,18H,2-4,6,9-12H2,1H3,(H,23,26)(H2,22,24,25). The van der Waals surface area contributed by atoms with Crippen molar-refractivity contribution in [3.8, 4) is 11.3 Å². The van der Waals surface area contributed by atoms with Crippen LogP contribution < -0.4 is 11.1 Å². The van der Waals surface area contributed by atoms with Crippen molar-refractivity contribution >= 4 is 11.9 Å². The quantitative estimate of drug-likeness (QED) is 0.730. The third-order valence-electron chi connectivity index (χ3n) is 4.80. The van der Waals surface area contributed by atoms with E-state index in [-0.39, 0.29) is 11.9 Å². The molecule has 0 saturated heterocycles. The predicted molar refractivity (Wildman–Crippen MR) is 106 cm³/mol. The lowest BCUT2D eigenvalue weighted by molar-refractivity contribution is 0.0273. The van der Waals surface area contributed by atoms with Gasteiger partial charge in [0.25, 0.3) is 5.91 Å². The molecule has 1 aliphatic carbocycles. The molecule has 1 amide bonds. The van der Waals surface area contributed by atoms with Gasteiger partial charge in [-0.3, -0.25) is 4.79 Å². The number of benzene rings is 1. The Balaban J connectivity index is 1.49. The summed E-state index contributed by atoms with van der Waals surface area (Å²) in [5, 5.41) is 2.96. The van der Waals surface area contributed by atoms with Gasteiger partial charge in [0.15, 0.2) is 0 Å². The normalized spacial score (nSPS) is 14.9. The second-order valence-electron chi connectivity index (χ2n) is 7.07. The monoisotopic (exact) mass is 368 g/mol. The highest BCUT2D eigenvalue weighted by molar-refractivity contribution is 5.95. The minimum atomic E-state index is -0.0896. The molecule has 0 atom stereocenters. The predicted octanol–water partition coefficient (Wildman–Crippen LogP) is 3.50. The van der Waals surface area contributed by atoms with Gasteiger partial charge in [-0.05, 0) is 44.4 Å². The van der Waals surface area contributed by atoms with Crippen LogP contribution in [0.5, 0.6) is 0 Å². The summed E-state index contributed by atoms with van der Waals surface area (Å²) < 4.78 is 5.89. The first-order valence-electron chi connectivity index (χ1n) is 9.73. The van der Waals surface area contributed by atoms with Crippen molar-refractivity contribution in [1.29, 1.82) is 0 Å². The minimum absolute atomic E-state index is 0.0896. The van der Waals surface area contributed by atoms with Crippen molar-refractivity contribution in [2.45, 2.75) is 51.6 Å². The van der Waals surface area contributed by atoms with Crippen molar-refractivity contribution in [2.24, 2.45) is 0 Å². The van der Waals surface area contributed by atoms with Crippen LogP contribution in [0.4, 0.5) is 5.95 Å². The van der Waals surface area contributed by atoms with E-state index in [0.29, 0.717) is 24.8 Å². The first kappa shape index (κ1) is 19.3. The molecule has 1 fully saturated rings. The number of aryl methyl sites for hydroxylation is 1. The zero-order valence-corrected chi connectivity index (χ0v) is 15.9. The fourth-order valence-electron chi connectivity index (χ4n) is 3.42. The average molecular weight is 368 g/mol. The van der Waals surface area contributed by atoms with Crippen LogP contribution in [-0.4, -0.2) is 35.1 Å². The zero-order chi connectivity index (χ0) is 19.1. The third kappa shape index (κ3) is 5.76. The second-order valence-corrected chi connectivity index (χ2v) is 7.07. The summed E-state index contributed by atoms with van der Waals surface area (Å²) in [5.74, 6) is 0.145. The van der Waals surface area contributed by atoms with Gasteiger partial charge in [0, 0.05) is 30.0 Å². The lowest BCUT2D eigenvalue weighted by Gasteiger charge is -2.21. The Morgan fingerprint density at radius 2 is 2.04 bits per heavy atom. The Kier molecular flexibility index (Phi) is 6.76. The van der Waals surface area contributed by atoms with Crippen molar-refractivity contribution < 1.29 is 9.53 Å². The molecule has 3 rings (SSSR count). The molecule has 0 unspecified atom stereocenters. The number of ether oxygens (including phenoxy) is 1. The van der Waals surface area contributed by atoms with Gasteiger partial charge in [-0.1, -0.05) is 31.4 Å². The number of hydrogen-bond acceptors (Lipinski definition) is 5. The van der Waals surface area contributed by atoms with E-state index >= 15 is 0 Å². The zero-order valence-electron chi connectivity index (χ0n) is 15.9. The summed E-state index contributed by atoms with van der Waals surface area (Å²) in [7, 11) is 0. The average Bonchev–Trinajstić information content (AvgIpc) is 2.68. The fourth-order valence-corrected chi connectivity index (χ4v) is 3.42. The van der Waals surface area contributed by atoms with Gasteiger partial charge in [-0.25, -0.2) is 9.97 Å². The first-order chi connectivity index (χ1) is 13.1. The Labute approximate surface area is 160 Å². The van der Waals surface area contributed by atoms with Gasteiger partial charge >= 0.3 is 0 Å². The Bertz CT molecular complexity index is 752. The summed E-state index contributed by atoms with van der Waals surface area (Å²) in [5.41, 5.74) is 8.70. The van der Waals surface area contributed by atoms with Crippen LogP contribution in [0.25, 0.3) is 11.3 Å². The molecule has 1 aromatic carbocycles. The van der Waals surface area contributed by atoms with Crippen LogP contribution in [0.2, 0.25) is 0 Å². The van der Waals surface area contributed by atoms with E-state index in [1.54, 1.807) is 6.07 Å². The maximum atomic E-state index is 12.4. The number of carbonyl (C=O) groups excluding carboxylic acids is 1. The van der Waals surface area contributed by atoms with E-state index in [4.69, 9.17) is 10.5 Å². The van der Waals surface area contributed by atoms with E-state index in [0.717, 1.165) is 23.4 Å². The topological polar surface area (TPSA) is 90.1 Å². The van der Waals surface area contributed by atoms with Gasteiger partial charge in [0.2, 0.25) is 5.95 Å². The fraction of sp³-hybridized carbons (Fsp3) is 0.476. The van der Waals surface area contributed by atoms with Crippen molar-refractivity contribution in [3.05, 3.63) is 41.6 Å². The van der Waals surface area contributed by atoms with Crippen molar-refractivity contribution in [3.63, 3.8) is 0 Å². The van der Waals surface area contributed by atoms with Crippen LogP contribution in [0.1, 0.15) is 54.6 Å². The first-order valence-corrected chi connectivity index (χ1v) is 9.73. The van der Waals surface area contributed by atoms with Crippen LogP contribution in [-0.2, 0) is 4.74 Å². The molecule has 0 bridgehead atoms.